The van der Waals surface area contributed by atoms with Crippen molar-refractivity contribution >= 4 is 5.57 Å². The van der Waals surface area contributed by atoms with Gasteiger partial charge in [-0.3, -0.25) is 0 Å². The first-order valence-electron chi connectivity index (χ1n) is 5.68. The van der Waals surface area contributed by atoms with Crippen molar-refractivity contribution < 1.29 is 9.47 Å². The Morgan fingerprint density at radius 3 is 2.50 bits per heavy atom. The lowest BCUT2D eigenvalue weighted by Crippen LogP contribution is -1.98. The van der Waals surface area contributed by atoms with Gasteiger partial charge in [0.05, 0.1) is 13.7 Å². The zero-order chi connectivity index (χ0) is 11.8. The fourth-order valence-corrected chi connectivity index (χ4v) is 1.35. The van der Waals surface area contributed by atoms with Crippen LogP contribution in [0.4, 0.5) is 0 Å². The summed E-state index contributed by atoms with van der Waals surface area (Å²) in [4.78, 5) is 0. The first-order valence-corrected chi connectivity index (χ1v) is 5.68. The molecule has 0 heterocycles. The van der Waals surface area contributed by atoms with Crippen molar-refractivity contribution in [3.63, 3.8) is 0 Å². The average molecular weight is 220 g/mol. The Hall–Kier alpha value is -1.28. The van der Waals surface area contributed by atoms with Crippen LogP contribution in [0.25, 0.3) is 5.57 Å². The number of hydrogen-bond acceptors (Lipinski definition) is 2. The third kappa shape index (κ3) is 4.07. The van der Waals surface area contributed by atoms with Crippen molar-refractivity contribution in [3.05, 3.63) is 36.4 Å². The van der Waals surface area contributed by atoms with E-state index in [1.807, 2.05) is 24.3 Å². The van der Waals surface area contributed by atoms with E-state index in [1.54, 1.807) is 7.11 Å². The predicted molar refractivity (Wildman–Crippen MR) is 67.8 cm³/mol. The summed E-state index contributed by atoms with van der Waals surface area (Å²) in [5.41, 5.74) is 2.12. The minimum absolute atomic E-state index is 0.604. The van der Waals surface area contributed by atoms with Crippen molar-refractivity contribution in [1.82, 2.24) is 0 Å². The third-order valence-electron chi connectivity index (χ3n) is 2.42. The molecule has 0 aromatic heterocycles. The Morgan fingerprint density at radius 1 is 1.25 bits per heavy atom. The smallest absolute Gasteiger partial charge is 0.118 e. The SMILES string of the molecule is C=C(COCCCC)c1ccc(OC)cc1. The molecule has 0 saturated carbocycles. The first-order chi connectivity index (χ1) is 7.77. The number of unbranched alkanes of at least 4 members (excludes halogenated alkanes) is 1. The molecule has 1 aromatic rings. The highest BCUT2D eigenvalue weighted by molar-refractivity contribution is 5.64. The van der Waals surface area contributed by atoms with Gasteiger partial charge in [-0.05, 0) is 29.7 Å². The fraction of sp³-hybridized carbons (Fsp3) is 0.429. The molecule has 0 saturated heterocycles. The van der Waals surface area contributed by atoms with Crippen LogP contribution in [-0.4, -0.2) is 20.3 Å². The van der Waals surface area contributed by atoms with E-state index < -0.39 is 0 Å². The van der Waals surface area contributed by atoms with Crippen LogP contribution in [0.2, 0.25) is 0 Å². The molecule has 1 rings (SSSR count). The van der Waals surface area contributed by atoms with Gasteiger partial charge in [0, 0.05) is 6.61 Å². The van der Waals surface area contributed by atoms with E-state index in [-0.39, 0.29) is 0 Å². The lowest BCUT2D eigenvalue weighted by molar-refractivity contribution is 0.164. The Balaban J connectivity index is 2.40. The molecule has 0 radical (unpaired) electrons. The molecule has 0 N–H and O–H groups in total. The second kappa shape index (κ2) is 7.07. The summed E-state index contributed by atoms with van der Waals surface area (Å²) in [6.45, 7) is 7.58. The minimum Gasteiger partial charge on any atom is -0.497 e. The van der Waals surface area contributed by atoms with Gasteiger partial charge in [-0.15, -0.1) is 0 Å². The van der Waals surface area contributed by atoms with E-state index in [0.717, 1.165) is 36.3 Å². The highest BCUT2D eigenvalue weighted by Gasteiger charge is 1.99. The van der Waals surface area contributed by atoms with Crippen LogP contribution in [0.5, 0.6) is 5.75 Å². The van der Waals surface area contributed by atoms with E-state index in [9.17, 15) is 0 Å². The van der Waals surface area contributed by atoms with Crippen LogP contribution in [0.3, 0.4) is 0 Å². The normalized spacial score (nSPS) is 10.1. The molecule has 88 valence electrons. The molecule has 0 aliphatic rings. The van der Waals surface area contributed by atoms with E-state index >= 15 is 0 Å². The quantitative estimate of drug-likeness (QED) is 0.654. The summed E-state index contributed by atoms with van der Waals surface area (Å²) in [5.74, 6) is 0.864. The maximum Gasteiger partial charge on any atom is 0.118 e. The molecule has 0 unspecified atom stereocenters. The second-order valence-electron chi connectivity index (χ2n) is 3.74. The number of methoxy groups -OCH3 is 1. The molecule has 0 amide bonds. The Kier molecular flexibility index (Phi) is 5.65. The van der Waals surface area contributed by atoms with Gasteiger partial charge >= 0.3 is 0 Å². The molecule has 0 atom stereocenters. The van der Waals surface area contributed by atoms with Crippen molar-refractivity contribution in [3.8, 4) is 5.75 Å². The molecule has 0 bridgehead atoms. The summed E-state index contributed by atoms with van der Waals surface area (Å²) in [5, 5.41) is 0. The standard InChI is InChI=1S/C14H20O2/c1-4-5-10-16-11-12(2)13-6-8-14(15-3)9-7-13/h6-9H,2,4-5,10-11H2,1,3H3. The van der Waals surface area contributed by atoms with Gasteiger partial charge in [-0.25, -0.2) is 0 Å². The van der Waals surface area contributed by atoms with E-state index in [0.29, 0.717) is 6.61 Å². The Morgan fingerprint density at radius 2 is 1.94 bits per heavy atom. The number of rotatable bonds is 7. The van der Waals surface area contributed by atoms with Crippen LogP contribution in [0.15, 0.2) is 30.8 Å². The van der Waals surface area contributed by atoms with Gasteiger partial charge in [0.25, 0.3) is 0 Å². The summed E-state index contributed by atoms with van der Waals surface area (Å²) >= 11 is 0. The summed E-state index contributed by atoms with van der Waals surface area (Å²) in [6, 6.07) is 7.88. The number of benzene rings is 1. The topological polar surface area (TPSA) is 18.5 Å². The first kappa shape index (κ1) is 12.8. The van der Waals surface area contributed by atoms with Crippen LogP contribution in [-0.2, 0) is 4.74 Å². The van der Waals surface area contributed by atoms with Crippen molar-refractivity contribution in [2.24, 2.45) is 0 Å². The predicted octanol–water partition coefficient (Wildman–Crippen LogP) is 3.53. The fourth-order valence-electron chi connectivity index (χ4n) is 1.35. The van der Waals surface area contributed by atoms with Gasteiger partial charge < -0.3 is 9.47 Å². The van der Waals surface area contributed by atoms with Crippen molar-refractivity contribution in [1.29, 1.82) is 0 Å². The molecule has 0 fully saturated rings. The van der Waals surface area contributed by atoms with Crippen LogP contribution in [0.1, 0.15) is 25.3 Å². The highest BCUT2D eigenvalue weighted by Crippen LogP contribution is 2.17. The monoisotopic (exact) mass is 220 g/mol. The second-order valence-corrected chi connectivity index (χ2v) is 3.74. The zero-order valence-electron chi connectivity index (χ0n) is 10.2. The molecular formula is C14H20O2. The van der Waals surface area contributed by atoms with E-state index in [4.69, 9.17) is 9.47 Å². The highest BCUT2D eigenvalue weighted by atomic mass is 16.5. The summed E-state index contributed by atoms with van der Waals surface area (Å²) in [6.07, 6.45) is 2.27. The Labute approximate surface area is 97.9 Å². The van der Waals surface area contributed by atoms with Gasteiger partial charge in [0.15, 0.2) is 0 Å². The van der Waals surface area contributed by atoms with E-state index in [1.165, 1.54) is 0 Å². The number of ether oxygens (including phenoxy) is 2. The van der Waals surface area contributed by atoms with Gasteiger partial charge in [-0.1, -0.05) is 32.1 Å². The molecule has 0 aliphatic carbocycles. The van der Waals surface area contributed by atoms with Crippen molar-refractivity contribution in [2.45, 2.75) is 19.8 Å². The molecule has 1 aromatic carbocycles. The average Bonchev–Trinajstić information content (AvgIpc) is 2.34. The largest absolute Gasteiger partial charge is 0.497 e. The molecule has 2 nitrogen and oxygen atoms in total. The van der Waals surface area contributed by atoms with Crippen molar-refractivity contribution in [2.75, 3.05) is 20.3 Å². The summed E-state index contributed by atoms with van der Waals surface area (Å²) in [7, 11) is 1.66. The van der Waals surface area contributed by atoms with Crippen LogP contribution >= 0.6 is 0 Å². The zero-order valence-corrected chi connectivity index (χ0v) is 10.2. The Bertz CT molecular complexity index is 314. The molecule has 0 aliphatic heterocycles. The van der Waals surface area contributed by atoms with Crippen LogP contribution in [0, 0.1) is 0 Å². The number of hydrogen-bond donors (Lipinski definition) is 0. The molecule has 16 heavy (non-hydrogen) atoms. The molecule has 2 heteroatoms. The maximum atomic E-state index is 5.52. The van der Waals surface area contributed by atoms with Crippen LogP contribution < -0.4 is 4.74 Å². The maximum absolute atomic E-state index is 5.52. The van der Waals surface area contributed by atoms with E-state index in [2.05, 4.69) is 13.5 Å². The summed E-state index contributed by atoms with van der Waals surface area (Å²) < 4.78 is 10.6. The molecule has 0 spiro atoms. The van der Waals surface area contributed by atoms with Gasteiger partial charge in [0.2, 0.25) is 0 Å². The minimum atomic E-state index is 0.604. The molecular weight excluding hydrogens is 200 g/mol. The lowest BCUT2D eigenvalue weighted by Gasteiger charge is -2.07. The lowest BCUT2D eigenvalue weighted by atomic mass is 10.1. The third-order valence-corrected chi connectivity index (χ3v) is 2.42. The van der Waals surface area contributed by atoms with Gasteiger partial charge in [-0.2, -0.15) is 0 Å². The van der Waals surface area contributed by atoms with Gasteiger partial charge in [0.1, 0.15) is 5.75 Å².